The maximum Gasteiger partial charge on any atom is 0.0588 e. The molecular formula is C12H25ClN2O. The maximum atomic E-state index is 5.65. The molecule has 1 N–H and O–H groups in total. The van der Waals surface area contributed by atoms with Gasteiger partial charge in [0.25, 0.3) is 0 Å². The van der Waals surface area contributed by atoms with E-state index < -0.39 is 0 Å². The quantitative estimate of drug-likeness (QED) is 0.819. The molecule has 0 spiro atoms. The molecule has 0 saturated carbocycles. The van der Waals surface area contributed by atoms with E-state index in [1.165, 1.54) is 51.7 Å². The van der Waals surface area contributed by atoms with Gasteiger partial charge >= 0.3 is 0 Å². The molecule has 0 radical (unpaired) electrons. The van der Waals surface area contributed by atoms with Crippen LogP contribution >= 0.6 is 12.4 Å². The second-order valence-corrected chi connectivity index (χ2v) is 4.89. The normalized spacial score (nSPS) is 27.0. The Balaban J connectivity index is 0.00000128. The van der Waals surface area contributed by atoms with Crippen LogP contribution in [0.25, 0.3) is 0 Å². The Morgan fingerprint density at radius 2 is 2.00 bits per heavy atom. The van der Waals surface area contributed by atoms with Gasteiger partial charge in [-0.05, 0) is 52.2 Å². The number of piperidine rings is 1. The van der Waals surface area contributed by atoms with Gasteiger partial charge in [-0.2, -0.15) is 0 Å². The molecule has 0 aromatic rings. The maximum absolute atomic E-state index is 5.65. The molecule has 0 bridgehead atoms. The van der Waals surface area contributed by atoms with Gasteiger partial charge in [0.2, 0.25) is 0 Å². The highest BCUT2D eigenvalue weighted by molar-refractivity contribution is 5.85. The van der Waals surface area contributed by atoms with Crippen molar-refractivity contribution in [2.75, 3.05) is 33.3 Å². The third-order valence-electron chi connectivity index (χ3n) is 3.76. The molecule has 2 aliphatic heterocycles. The highest BCUT2D eigenvalue weighted by atomic mass is 35.5. The lowest BCUT2D eigenvalue weighted by molar-refractivity contribution is 0.0866. The minimum atomic E-state index is 0. The zero-order chi connectivity index (χ0) is 10.5. The summed E-state index contributed by atoms with van der Waals surface area (Å²) in [4.78, 5) is 2.53. The predicted molar refractivity (Wildman–Crippen MR) is 69.4 cm³/mol. The van der Waals surface area contributed by atoms with Gasteiger partial charge in [0.1, 0.15) is 0 Å². The lowest BCUT2D eigenvalue weighted by Crippen LogP contribution is -2.42. The number of nitrogens with zero attached hydrogens (tertiary/aromatic N) is 1. The predicted octanol–water partition coefficient (Wildman–Crippen LogP) is 1.66. The van der Waals surface area contributed by atoms with E-state index in [0.29, 0.717) is 6.10 Å². The summed E-state index contributed by atoms with van der Waals surface area (Å²) in [5.41, 5.74) is 0. The molecule has 4 heteroatoms. The van der Waals surface area contributed by atoms with E-state index in [4.69, 9.17) is 4.74 Å². The van der Waals surface area contributed by atoms with Crippen LogP contribution in [0, 0.1) is 0 Å². The second-order valence-electron chi connectivity index (χ2n) is 4.89. The van der Waals surface area contributed by atoms with E-state index in [1.54, 1.807) is 0 Å². The standard InChI is InChI=1S/C12H24N2O.ClH/c1-14(11-4-7-13-8-5-11)9-6-12-3-2-10-15-12;/h11-13H,2-10H2,1H3;1H. The fourth-order valence-corrected chi connectivity index (χ4v) is 2.65. The molecule has 2 saturated heterocycles. The van der Waals surface area contributed by atoms with Gasteiger partial charge in [-0.1, -0.05) is 0 Å². The highest BCUT2D eigenvalue weighted by Crippen LogP contribution is 2.17. The zero-order valence-corrected chi connectivity index (χ0v) is 11.1. The number of halogens is 1. The van der Waals surface area contributed by atoms with E-state index in [2.05, 4.69) is 17.3 Å². The highest BCUT2D eigenvalue weighted by Gasteiger charge is 2.20. The van der Waals surface area contributed by atoms with Crippen molar-refractivity contribution in [3.8, 4) is 0 Å². The number of rotatable bonds is 4. The summed E-state index contributed by atoms with van der Waals surface area (Å²) in [7, 11) is 2.27. The van der Waals surface area contributed by atoms with Crippen LogP contribution < -0.4 is 5.32 Å². The van der Waals surface area contributed by atoms with Crippen LogP contribution in [0.2, 0.25) is 0 Å². The third-order valence-corrected chi connectivity index (χ3v) is 3.76. The smallest absolute Gasteiger partial charge is 0.0588 e. The summed E-state index contributed by atoms with van der Waals surface area (Å²) in [6.07, 6.45) is 6.93. The summed E-state index contributed by atoms with van der Waals surface area (Å²) in [5, 5.41) is 3.42. The van der Waals surface area contributed by atoms with Gasteiger partial charge in [0.15, 0.2) is 0 Å². The Hall–Kier alpha value is 0.170. The minimum absolute atomic E-state index is 0. The zero-order valence-electron chi connectivity index (χ0n) is 10.3. The van der Waals surface area contributed by atoms with Gasteiger partial charge in [0.05, 0.1) is 6.10 Å². The van der Waals surface area contributed by atoms with E-state index in [9.17, 15) is 0 Å². The van der Waals surface area contributed by atoms with Crippen LogP contribution in [0.5, 0.6) is 0 Å². The summed E-state index contributed by atoms with van der Waals surface area (Å²) in [5.74, 6) is 0. The van der Waals surface area contributed by atoms with Crippen LogP contribution in [0.15, 0.2) is 0 Å². The molecule has 3 nitrogen and oxygen atoms in total. The number of hydrogen-bond donors (Lipinski definition) is 1. The van der Waals surface area contributed by atoms with Crippen molar-refractivity contribution < 1.29 is 4.74 Å². The number of nitrogens with one attached hydrogen (secondary N) is 1. The first-order valence-electron chi connectivity index (χ1n) is 6.39. The van der Waals surface area contributed by atoms with Crippen LogP contribution in [0.4, 0.5) is 0 Å². The van der Waals surface area contributed by atoms with Crippen molar-refractivity contribution >= 4 is 12.4 Å². The van der Waals surface area contributed by atoms with Crippen LogP contribution in [-0.4, -0.2) is 50.3 Å². The second kappa shape index (κ2) is 7.49. The molecule has 2 fully saturated rings. The summed E-state index contributed by atoms with van der Waals surface area (Å²) in [6.45, 7) is 4.57. The van der Waals surface area contributed by atoms with E-state index in [-0.39, 0.29) is 12.4 Å². The number of ether oxygens (including phenoxy) is 1. The fraction of sp³-hybridized carbons (Fsp3) is 1.00. The van der Waals surface area contributed by atoms with Crippen molar-refractivity contribution in [2.45, 2.75) is 44.2 Å². The van der Waals surface area contributed by atoms with Gasteiger partial charge in [-0.25, -0.2) is 0 Å². The molecule has 2 rings (SSSR count). The Labute approximate surface area is 105 Å². The van der Waals surface area contributed by atoms with Crippen LogP contribution in [0.1, 0.15) is 32.1 Å². The van der Waals surface area contributed by atoms with E-state index in [0.717, 1.165) is 12.6 Å². The van der Waals surface area contributed by atoms with E-state index >= 15 is 0 Å². The SMILES string of the molecule is CN(CCC1CCCO1)C1CCNCC1.Cl. The van der Waals surface area contributed by atoms with Crippen molar-refractivity contribution in [1.29, 1.82) is 0 Å². The third kappa shape index (κ3) is 4.21. The monoisotopic (exact) mass is 248 g/mol. The van der Waals surface area contributed by atoms with Crippen molar-refractivity contribution in [2.24, 2.45) is 0 Å². The minimum Gasteiger partial charge on any atom is -0.378 e. The molecule has 0 aromatic carbocycles. The molecule has 16 heavy (non-hydrogen) atoms. The molecule has 1 unspecified atom stereocenters. The first-order chi connectivity index (χ1) is 7.36. The fourth-order valence-electron chi connectivity index (χ4n) is 2.65. The van der Waals surface area contributed by atoms with Crippen LogP contribution in [0.3, 0.4) is 0 Å². The molecule has 0 aliphatic carbocycles. The lowest BCUT2D eigenvalue weighted by Gasteiger charge is -2.32. The topological polar surface area (TPSA) is 24.5 Å². The largest absolute Gasteiger partial charge is 0.378 e. The molecule has 1 atom stereocenters. The Kier molecular flexibility index (Phi) is 6.66. The molecule has 2 heterocycles. The van der Waals surface area contributed by atoms with Gasteiger partial charge in [-0.3, -0.25) is 0 Å². The molecule has 96 valence electrons. The van der Waals surface area contributed by atoms with Crippen molar-refractivity contribution in [3.63, 3.8) is 0 Å². The molecular weight excluding hydrogens is 224 g/mol. The molecule has 0 aromatic heterocycles. The van der Waals surface area contributed by atoms with E-state index in [1.807, 2.05) is 0 Å². The Morgan fingerprint density at radius 1 is 1.25 bits per heavy atom. The first-order valence-corrected chi connectivity index (χ1v) is 6.39. The summed E-state index contributed by atoms with van der Waals surface area (Å²) in [6, 6.07) is 0.799. The van der Waals surface area contributed by atoms with Crippen molar-refractivity contribution in [1.82, 2.24) is 10.2 Å². The van der Waals surface area contributed by atoms with Crippen LogP contribution in [-0.2, 0) is 4.74 Å². The Morgan fingerprint density at radius 3 is 2.62 bits per heavy atom. The first kappa shape index (κ1) is 14.2. The summed E-state index contributed by atoms with van der Waals surface area (Å²) < 4.78 is 5.65. The Bertz CT molecular complexity index is 180. The van der Waals surface area contributed by atoms with Crippen molar-refractivity contribution in [3.05, 3.63) is 0 Å². The molecule has 2 aliphatic rings. The van der Waals surface area contributed by atoms with Gasteiger partial charge in [0, 0.05) is 19.2 Å². The average Bonchev–Trinajstić information content (AvgIpc) is 2.80. The summed E-state index contributed by atoms with van der Waals surface area (Å²) >= 11 is 0. The van der Waals surface area contributed by atoms with Gasteiger partial charge < -0.3 is 15.0 Å². The average molecular weight is 249 g/mol. The molecule has 0 amide bonds. The van der Waals surface area contributed by atoms with Gasteiger partial charge in [-0.15, -0.1) is 12.4 Å². The number of hydrogen-bond acceptors (Lipinski definition) is 3. The lowest BCUT2D eigenvalue weighted by atomic mass is 10.0.